The van der Waals surface area contributed by atoms with Crippen molar-refractivity contribution < 1.29 is 17.7 Å². The number of nitrogens with one attached hydrogen (secondary N) is 1. The van der Waals surface area contributed by atoms with Crippen LogP contribution in [0.1, 0.15) is 19.5 Å². The van der Waals surface area contributed by atoms with E-state index in [4.69, 9.17) is 9.29 Å². The number of aromatic amines is 1. The summed E-state index contributed by atoms with van der Waals surface area (Å²) in [6.45, 7) is 6.47. The monoisotopic (exact) mass is 325 g/mol. The normalized spacial score (nSPS) is 24.0. The number of morpholine rings is 1. The van der Waals surface area contributed by atoms with Gasteiger partial charge < -0.3 is 4.74 Å². The molecule has 0 saturated carbocycles. The van der Waals surface area contributed by atoms with Crippen LogP contribution in [-0.2, 0) is 21.4 Å². The van der Waals surface area contributed by atoms with Crippen molar-refractivity contribution >= 4 is 21.0 Å². The summed E-state index contributed by atoms with van der Waals surface area (Å²) in [7, 11) is -4.21. The second-order valence-electron chi connectivity index (χ2n) is 5.81. The van der Waals surface area contributed by atoms with Crippen molar-refractivity contribution in [2.45, 2.75) is 37.5 Å². The number of H-pyrrole nitrogens is 1. The number of rotatable bonds is 3. The van der Waals surface area contributed by atoms with Crippen LogP contribution in [0.4, 0.5) is 0 Å². The van der Waals surface area contributed by atoms with E-state index in [9.17, 15) is 8.42 Å². The van der Waals surface area contributed by atoms with Crippen LogP contribution in [0.25, 0.3) is 10.9 Å². The molecule has 1 aromatic heterocycles. The number of aromatic nitrogens is 2. The zero-order valence-electron chi connectivity index (χ0n) is 12.5. The molecule has 1 saturated heterocycles. The third kappa shape index (κ3) is 3.14. The van der Waals surface area contributed by atoms with Gasteiger partial charge in [-0.1, -0.05) is 0 Å². The van der Waals surface area contributed by atoms with Gasteiger partial charge in [-0.05, 0) is 32.0 Å². The summed E-state index contributed by atoms with van der Waals surface area (Å²) in [6, 6.07) is 4.43. The molecule has 0 amide bonds. The number of benzene rings is 1. The standard InChI is InChI=1S/C14H19N3O4S/c1-9-6-17(7-10(2)21-9)8-14-12-4-3-11(22(18,19)20)5-13(12)15-16-14/h3-5,9-10H,6-8H2,1-2H3,(H,15,16)(H,18,19,20)/t9-,10+. The van der Waals surface area contributed by atoms with Gasteiger partial charge in [0.15, 0.2) is 0 Å². The van der Waals surface area contributed by atoms with Gasteiger partial charge >= 0.3 is 0 Å². The average Bonchev–Trinajstić information content (AvgIpc) is 2.79. The lowest BCUT2D eigenvalue weighted by Gasteiger charge is -2.35. The molecule has 0 bridgehead atoms. The van der Waals surface area contributed by atoms with Gasteiger partial charge in [-0.3, -0.25) is 14.6 Å². The molecule has 1 aliphatic rings. The third-order valence-corrected chi connectivity index (χ3v) is 4.63. The second kappa shape index (κ2) is 5.62. The molecule has 0 radical (unpaired) electrons. The molecule has 2 aromatic rings. The van der Waals surface area contributed by atoms with Crippen molar-refractivity contribution in [3.63, 3.8) is 0 Å². The van der Waals surface area contributed by atoms with Gasteiger partial charge in [-0.25, -0.2) is 0 Å². The van der Waals surface area contributed by atoms with Crippen molar-refractivity contribution in [1.29, 1.82) is 0 Å². The first-order chi connectivity index (χ1) is 10.3. The fourth-order valence-corrected chi connectivity index (χ4v) is 3.47. The van der Waals surface area contributed by atoms with Crippen molar-refractivity contribution in [3.05, 3.63) is 23.9 Å². The van der Waals surface area contributed by atoms with Gasteiger partial charge in [0.25, 0.3) is 10.1 Å². The molecule has 8 heteroatoms. The van der Waals surface area contributed by atoms with Gasteiger partial charge in [-0.2, -0.15) is 13.5 Å². The first-order valence-electron chi connectivity index (χ1n) is 7.15. The Hall–Kier alpha value is -1.48. The summed E-state index contributed by atoms with van der Waals surface area (Å²) in [5, 5.41) is 7.96. The van der Waals surface area contributed by atoms with E-state index in [2.05, 4.69) is 15.1 Å². The van der Waals surface area contributed by atoms with E-state index in [0.717, 1.165) is 24.2 Å². The molecule has 7 nitrogen and oxygen atoms in total. The number of hydrogen-bond acceptors (Lipinski definition) is 5. The summed E-state index contributed by atoms with van der Waals surface area (Å²) in [6.07, 6.45) is 0.369. The van der Waals surface area contributed by atoms with Crippen LogP contribution in [0.3, 0.4) is 0 Å². The minimum atomic E-state index is -4.21. The van der Waals surface area contributed by atoms with Gasteiger partial charge in [0.05, 0.1) is 28.3 Å². The quantitative estimate of drug-likeness (QED) is 0.829. The summed E-state index contributed by atoms with van der Waals surface area (Å²) < 4.78 is 37.1. The highest BCUT2D eigenvalue weighted by Crippen LogP contribution is 2.22. The Morgan fingerprint density at radius 2 is 2.05 bits per heavy atom. The van der Waals surface area contributed by atoms with Crippen molar-refractivity contribution in [3.8, 4) is 0 Å². The number of fused-ring (bicyclic) bond motifs is 1. The molecular formula is C14H19N3O4S. The molecule has 1 aromatic carbocycles. The molecule has 1 aliphatic heterocycles. The van der Waals surface area contributed by atoms with E-state index in [-0.39, 0.29) is 17.1 Å². The zero-order valence-corrected chi connectivity index (χ0v) is 13.3. The van der Waals surface area contributed by atoms with E-state index in [1.165, 1.54) is 12.1 Å². The summed E-state index contributed by atoms with van der Waals surface area (Å²) in [5.74, 6) is 0. The molecule has 0 spiro atoms. The minimum absolute atomic E-state index is 0.147. The van der Waals surface area contributed by atoms with E-state index < -0.39 is 10.1 Å². The molecule has 1 fully saturated rings. The lowest BCUT2D eigenvalue weighted by Crippen LogP contribution is -2.44. The van der Waals surface area contributed by atoms with E-state index >= 15 is 0 Å². The van der Waals surface area contributed by atoms with E-state index in [0.29, 0.717) is 12.1 Å². The number of ether oxygens (including phenoxy) is 1. The van der Waals surface area contributed by atoms with Crippen molar-refractivity contribution in [2.75, 3.05) is 13.1 Å². The molecular weight excluding hydrogens is 306 g/mol. The largest absolute Gasteiger partial charge is 0.373 e. The molecule has 2 atom stereocenters. The Labute approximate surface area is 129 Å². The molecule has 0 unspecified atom stereocenters. The number of nitrogens with zero attached hydrogens (tertiary/aromatic N) is 2. The van der Waals surface area contributed by atoms with Gasteiger partial charge in [0, 0.05) is 25.0 Å². The summed E-state index contributed by atoms with van der Waals surface area (Å²) in [5.41, 5.74) is 1.46. The fourth-order valence-electron chi connectivity index (χ4n) is 2.97. The first kappa shape index (κ1) is 15.4. The minimum Gasteiger partial charge on any atom is -0.373 e. The lowest BCUT2D eigenvalue weighted by atomic mass is 10.1. The van der Waals surface area contributed by atoms with Crippen molar-refractivity contribution in [1.82, 2.24) is 15.1 Å². The highest BCUT2D eigenvalue weighted by Gasteiger charge is 2.23. The highest BCUT2D eigenvalue weighted by molar-refractivity contribution is 7.85. The van der Waals surface area contributed by atoms with Crippen LogP contribution >= 0.6 is 0 Å². The molecule has 2 heterocycles. The predicted octanol–water partition coefficient (Wildman–Crippen LogP) is 1.42. The lowest BCUT2D eigenvalue weighted by molar-refractivity contribution is -0.0706. The molecule has 120 valence electrons. The molecule has 22 heavy (non-hydrogen) atoms. The van der Waals surface area contributed by atoms with Crippen LogP contribution in [-0.4, -0.2) is 53.4 Å². The molecule has 0 aliphatic carbocycles. The van der Waals surface area contributed by atoms with E-state index in [1.54, 1.807) is 6.07 Å². The molecule has 2 N–H and O–H groups in total. The maximum Gasteiger partial charge on any atom is 0.294 e. The molecule has 3 rings (SSSR count). The summed E-state index contributed by atoms with van der Waals surface area (Å²) >= 11 is 0. The maximum absolute atomic E-state index is 11.2. The fraction of sp³-hybridized carbons (Fsp3) is 0.500. The second-order valence-corrected chi connectivity index (χ2v) is 7.23. The third-order valence-electron chi connectivity index (χ3n) is 3.78. The first-order valence-corrected chi connectivity index (χ1v) is 8.59. The summed E-state index contributed by atoms with van der Waals surface area (Å²) in [4.78, 5) is 2.13. The van der Waals surface area contributed by atoms with Crippen LogP contribution < -0.4 is 0 Å². The van der Waals surface area contributed by atoms with Crippen LogP contribution in [0.5, 0.6) is 0 Å². The van der Waals surface area contributed by atoms with Gasteiger partial charge in [-0.15, -0.1) is 0 Å². The van der Waals surface area contributed by atoms with Gasteiger partial charge in [0.1, 0.15) is 0 Å². The Morgan fingerprint density at radius 3 is 2.68 bits per heavy atom. The smallest absolute Gasteiger partial charge is 0.294 e. The van der Waals surface area contributed by atoms with E-state index in [1.807, 2.05) is 13.8 Å². The Balaban J connectivity index is 1.86. The maximum atomic E-state index is 11.2. The van der Waals surface area contributed by atoms with Crippen LogP contribution in [0, 0.1) is 0 Å². The zero-order chi connectivity index (χ0) is 15.9. The Morgan fingerprint density at radius 1 is 1.36 bits per heavy atom. The van der Waals surface area contributed by atoms with Crippen LogP contribution in [0.15, 0.2) is 23.1 Å². The Bertz CT molecular complexity index is 776. The topological polar surface area (TPSA) is 95.5 Å². The van der Waals surface area contributed by atoms with Gasteiger partial charge in [0.2, 0.25) is 0 Å². The predicted molar refractivity (Wildman–Crippen MR) is 81.2 cm³/mol. The highest BCUT2D eigenvalue weighted by atomic mass is 32.2. The average molecular weight is 325 g/mol. The van der Waals surface area contributed by atoms with Crippen LogP contribution in [0.2, 0.25) is 0 Å². The Kier molecular flexibility index (Phi) is 3.94. The number of hydrogen-bond donors (Lipinski definition) is 2. The SMILES string of the molecule is C[C@@H]1CN(Cc2[nH]nc3cc(S(=O)(=O)O)ccc23)C[C@H](C)O1. The van der Waals surface area contributed by atoms with Crippen molar-refractivity contribution in [2.24, 2.45) is 0 Å².